The van der Waals surface area contributed by atoms with Gasteiger partial charge >= 0.3 is 0 Å². The summed E-state index contributed by atoms with van der Waals surface area (Å²) in [6.07, 6.45) is 2.28. The van der Waals surface area contributed by atoms with Crippen LogP contribution in [0.25, 0.3) is 0 Å². The van der Waals surface area contributed by atoms with Crippen molar-refractivity contribution in [3.05, 3.63) is 24.3 Å². The minimum atomic E-state index is -3.15. The van der Waals surface area contributed by atoms with Gasteiger partial charge < -0.3 is 4.74 Å². The highest BCUT2D eigenvalue weighted by molar-refractivity contribution is 7.90. The molecule has 22 heavy (non-hydrogen) atoms. The Hall–Kier alpha value is -0.780. The van der Waals surface area contributed by atoms with E-state index in [1.807, 2.05) is 0 Å². The third-order valence-electron chi connectivity index (χ3n) is 4.21. The normalized spacial score (nSPS) is 21.9. The molecule has 1 fully saturated rings. The fourth-order valence-corrected chi connectivity index (χ4v) is 3.90. The average Bonchev–Trinajstić information content (AvgIpc) is 2.71. The first kappa shape index (κ1) is 17.6. The van der Waals surface area contributed by atoms with Crippen LogP contribution in [0.3, 0.4) is 0 Å². The van der Waals surface area contributed by atoms with E-state index in [2.05, 4.69) is 18.7 Å². The summed E-state index contributed by atoms with van der Waals surface area (Å²) in [7, 11) is -3.15. The van der Waals surface area contributed by atoms with Crippen LogP contribution in [0.4, 0.5) is 0 Å². The number of likely N-dealkylation sites (tertiary alicyclic amines) is 1. The van der Waals surface area contributed by atoms with Gasteiger partial charge in [0.15, 0.2) is 9.84 Å². The maximum absolute atomic E-state index is 11.4. The molecule has 1 aromatic carbocycles. The van der Waals surface area contributed by atoms with E-state index >= 15 is 0 Å². The molecule has 0 radical (unpaired) electrons. The molecule has 1 heterocycles. The zero-order valence-electron chi connectivity index (χ0n) is 13.4. The molecule has 0 bridgehead atoms. The van der Waals surface area contributed by atoms with Crippen LogP contribution in [-0.4, -0.2) is 50.7 Å². The minimum Gasteiger partial charge on any atom is -0.493 e. The summed E-state index contributed by atoms with van der Waals surface area (Å²) < 4.78 is 28.7. The van der Waals surface area contributed by atoms with Crippen molar-refractivity contribution in [1.29, 1.82) is 0 Å². The largest absolute Gasteiger partial charge is 0.493 e. The summed E-state index contributed by atoms with van der Waals surface area (Å²) in [5.74, 6) is 1.82. The lowest BCUT2D eigenvalue weighted by Gasteiger charge is -2.30. The van der Waals surface area contributed by atoms with E-state index in [-0.39, 0.29) is 5.54 Å². The van der Waals surface area contributed by atoms with Gasteiger partial charge in [-0.2, -0.15) is 0 Å². The van der Waals surface area contributed by atoms with Crippen LogP contribution in [0.1, 0.15) is 20.3 Å². The van der Waals surface area contributed by atoms with Gasteiger partial charge in [0.2, 0.25) is 0 Å². The first-order chi connectivity index (χ1) is 10.2. The Bertz CT molecular complexity index is 598. The van der Waals surface area contributed by atoms with Crippen LogP contribution in [0.5, 0.6) is 5.75 Å². The summed E-state index contributed by atoms with van der Waals surface area (Å²) in [6, 6.07) is 6.60. The standard InChI is InChI=1S/C16H24ClNO3S/c1-16(2)10-13(11-18(16)9-8-17)12-21-14-4-6-15(7-5-14)22(3,19)20/h4-7,13H,8-12H2,1-3H3/t13-/m1/s1. The van der Waals surface area contributed by atoms with Crippen molar-refractivity contribution in [3.8, 4) is 5.75 Å². The number of sulfone groups is 1. The Morgan fingerprint density at radius 1 is 1.32 bits per heavy atom. The Balaban J connectivity index is 1.91. The first-order valence-electron chi connectivity index (χ1n) is 7.46. The van der Waals surface area contributed by atoms with Crippen molar-refractivity contribution < 1.29 is 13.2 Å². The number of benzene rings is 1. The predicted octanol–water partition coefficient (Wildman–Crippen LogP) is 2.81. The van der Waals surface area contributed by atoms with E-state index in [1.165, 1.54) is 6.26 Å². The van der Waals surface area contributed by atoms with Crippen LogP contribution in [0.15, 0.2) is 29.2 Å². The van der Waals surface area contributed by atoms with Crippen LogP contribution in [-0.2, 0) is 9.84 Å². The molecule has 0 aliphatic carbocycles. The van der Waals surface area contributed by atoms with E-state index in [4.69, 9.17) is 16.3 Å². The van der Waals surface area contributed by atoms with Gasteiger partial charge in [0.25, 0.3) is 0 Å². The molecule has 0 unspecified atom stereocenters. The van der Waals surface area contributed by atoms with Gasteiger partial charge in [-0.1, -0.05) is 0 Å². The summed E-state index contributed by atoms with van der Waals surface area (Å²) in [5, 5.41) is 0. The molecule has 1 aromatic rings. The summed E-state index contributed by atoms with van der Waals surface area (Å²) in [5.41, 5.74) is 0.156. The van der Waals surface area contributed by atoms with Crippen molar-refractivity contribution in [1.82, 2.24) is 4.90 Å². The number of rotatable bonds is 6. The molecule has 1 atom stereocenters. The van der Waals surface area contributed by atoms with E-state index in [1.54, 1.807) is 24.3 Å². The number of alkyl halides is 1. The van der Waals surface area contributed by atoms with Gasteiger partial charge in [-0.3, -0.25) is 4.90 Å². The fourth-order valence-electron chi connectivity index (χ4n) is 3.06. The highest BCUT2D eigenvalue weighted by Gasteiger charge is 2.37. The monoisotopic (exact) mass is 345 g/mol. The molecule has 1 aliphatic rings. The van der Waals surface area contributed by atoms with E-state index in [0.717, 1.165) is 19.5 Å². The number of hydrogen-bond donors (Lipinski definition) is 0. The number of nitrogens with zero attached hydrogens (tertiary/aromatic N) is 1. The van der Waals surface area contributed by atoms with Gasteiger partial charge in [-0.25, -0.2) is 8.42 Å². The number of ether oxygens (including phenoxy) is 1. The Morgan fingerprint density at radius 2 is 1.95 bits per heavy atom. The molecule has 0 aromatic heterocycles. The van der Waals surface area contributed by atoms with Crippen LogP contribution in [0, 0.1) is 5.92 Å². The van der Waals surface area contributed by atoms with Crippen molar-refractivity contribution in [2.75, 3.05) is 31.8 Å². The lowest BCUT2D eigenvalue weighted by atomic mass is 9.97. The van der Waals surface area contributed by atoms with Crippen molar-refractivity contribution >= 4 is 21.4 Å². The van der Waals surface area contributed by atoms with Gasteiger partial charge in [-0.15, -0.1) is 11.6 Å². The second kappa shape index (κ2) is 6.77. The first-order valence-corrected chi connectivity index (χ1v) is 9.89. The topological polar surface area (TPSA) is 46.6 Å². The van der Waals surface area contributed by atoms with Gasteiger partial charge in [-0.05, 0) is 44.5 Å². The predicted molar refractivity (Wildman–Crippen MR) is 89.5 cm³/mol. The molecule has 124 valence electrons. The van der Waals surface area contributed by atoms with E-state index in [9.17, 15) is 8.42 Å². The van der Waals surface area contributed by atoms with Crippen LogP contribution < -0.4 is 4.74 Å². The molecule has 1 aliphatic heterocycles. The maximum Gasteiger partial charge on any atom is 0.175 e. The second-order valence-corrected chi connectivity index (χ2v) is 8.97. The van der Waals surface area contributed by atoms with E-state index in [0.29, 0.717) is 29.0 Å². The highest BCUT2D eigenvalue weighted by atomic mass is 35.5. The average molecular weight is 346 g/mol. The molecular formula is C16H24ClNO3S. The summed E-state index contributed by atoms with van der Waals surface area (Å²) in [6.45, 7) is 7.00. The molecular weight excluding hydrogens is 322 g/mol. The number of hydrogen-bond acceptors (Lipinski definition) is 4. The highest BCUT2D eigenvalue weighted by Crippen LogP contribution is 2.32. The lowest BCUT2D eigenvalue weighted by Crippen LogP contribution is -2.39. The third-order valence-corrected chi connectivity index (χ3v) is 5.51. The zero-order chi connectivity index (χ0) is 16.4. The molecule has 1 saturated heterocycles. The van der Waals surface area contributed by atoms with Crippen LogP contribution in [0.2, 0.25) is 0 Å². The lowest BCUT2D eigenvalue weighted by molar-refractivity contribution is 0.184. The minimum absolute atomic E-state index is 0.156. The molecule has 0 spiro atoms. The smallest absolute Gasteiger partial charge is 0.175 e. The van der Waals surface area contributed by atoms with Crippen molar-refractivity contribution in [3.63, 3.8) is 0 Å². The maximum atomic E-state index is 11.4. The SMILES string of the molecule is CC1(C)C[C@@H](COc2ccc(S(C)(=O)=O)cc2)CN1CCCl. The van der Waals surface area contributed by atoms with Gasteiger partial charge in [0.05, 0.1) is 11.5 Å². The summed E-state index contributed by atoms with van der Waals surface area (Å²) >= 11 is 5.86. The molecule has 2 rings (SSSR count). The molecule has 0 N–H and O–H groups in total. The van der Waals surface area contributed by atoms with Crippen molar-refractivity contribution in [2.45, 2.75) is 30.7 Å². The molecule has 0 saturated carbocycles. The zero-order valence-corrected chi connectivity index (χ0v) is 15.0. The van der Waals surface area contributed by atoms with Crippen molar-refractivity contribution in [2.24, 2.45) is 5.92 Å². The molecule has 4 nitrogen and oxygen atoms in total. The van der Waals surface area contributed by atoms with E-state index < -0.39 is 9.84 Å². The second-order valence-electron chi connectivity index (χ2n) is 6.57. The fraction of sp³-hybridized carbons (Fsp3) is 0.625. The van der Waals surface area contributed by atoms with Crippen LogP contribution >= 0.6 is 11.6 Å². The Kier molecular flexibility index (Phi) is 5.41. The third kappa shape index (κ3) is 4.37. The summed E-state index contributed by atoms with van der Waals surface area (Å²) in [4.78, 5) is 2.72. The Morgan fingerprint density at radius 3 is 2.50 bits per heavy atom. The Labute approximate surface area is 138 Å². The molecule has 6 heteroatoms. The molecule has 0 amide bonds. The number of halogens is 1. The van der Waals surface area contributed by atoms with Gasteiger partial charge in [0.1, 0.15) is 5.75 Å². The van der Waals surface area contributed by atoms with Gasteiger partial charge in [0, 0.05) is 36.7 Å². The quantitative estimate of drug-likeness (QED) is 0.744.